The molecule has 8 nitrogen and oxygen atoms in total. The minimum Gasteiger partial charge on any atom is -0.593 e. The molecular weight excluding hydrogens is 513 g/mol. The molecule has 1 saturated heterocycles. The lowest BCUT2D eigenvalue weighted by atomic mass is 10.2. The summed E-state index contributed by atoms with van der Waals surface area (Å²) >= 11 is 1.15. The summed E-state index contributed by atoms with van der Waals surface area (Å²) in [5, 5.41) is 11.7. The first-order valence-electron chi connectivity index (χ1n) is 11.7. The van der Waals surface area contributed by atoms with Crippen molar-refractivity contribution in [2.75, 3.05) is 24.2 Å². The van der Waals surface area contributed by atoms with Gasteiger partial charge in [0.15, 0.2) is 26.3 Å². The maximum Gasteiger partial charge on any atom is 0.234 e. The average molecular weight is 538 g/mol. The molecule has 0 saturated carbocycles. The van der Waals surface area contributed by atoms with Gasteiger partial charge in [-0.05, 0) is 43.2 Å². The molecule has 1 aromatic heterocycles. The molecule has 1 unspecified atom stereocenters. The van der Waals surface area contributed by atoms with Crippen molar-refractivity contribution in [3.05, 3.63) is 84.7 Å². The molecule has 1 atom stereocenters. The molecule has 1 N–H and O–H groups in total. The Morgan fingerprint density at radius 2 is 1.73 bits per heavy atom. The highest BCUT2D eigenvalue weighted by molar-refractivity contribution is 7.99. The van der Waals surface area contributed by atoms with Crippen LogP contribution in [0.1, 0.15) is 12.8 Å². The van der Waals surface area contributed by atoms with Crippen molar-refractivity contribution < 1.29 is 17.9 Å². The van der Waals surface area contributed by atoms with Gasteiger partial charge in [0, 0.05) is 30.4 Å². The Kier molecular flexibility index (Phi) is 7.47. The van der Waals surface area contributed by atoms with Gasteiger partial charge in [-0.25, -0.2) is 4.39 Å². The van der Waals surface area contributed by atoms with E-state index in [1.807, 2.05) is 30.3 Å². The molecule has 1 aliphatic heterocycles. The third kappa shape index (κ3) is 5.49. The zero-order chi connectivity index (χ0) is 25.8. The van der Waals surface area contributed by atoms with E-state index in [0.29, 0.717) is 29.6 Å². The number of benzene rings is 3. The minimum atomic E-state index is -3.61. The van der Waals surface area contributed by atoms with Gasteiger partial charge in [0.25, 0.3) is 0 Å². The van der Waals surface area contributed by atoms with Crippen molar-refractivity contribution in [2.24, 2.45) is 0 Å². The Hall–Kier alpha value is -3.38. The number of carbonyl (C=O) groups excluding carboxylic acids is 1. The number of anilines is 1. The standard InChI is InChI=1S/C26H24FN5O3S2/c27-22-13-4-5-14-23(22)28-24(33)18-36-26-30-29-25(32(26)20-10-2-1-3-11-20)19-9-8-12-21(17-19)37(34,35)31-15-6-7-16-31/h1-5,8-14,17H,6-7,15-16,18H2,(H-,28,33,34,35). The fraction of sp³-hybridized carbons (Fsp3) is 0.192. The minimum absolute atomic E-state index is 0.0251. The second kappa shape index (κ2) is 10.9. The number of halogens is 1. The van der Waals surface area contributed by atoms with E-state index in [9.17, 15) is 17.9 Å². The predicted molar refractivity (Wildman–Crippen MR) is 140 cm³/mol. The lowest BCUT2D eigenvalue weighted by molar-refractivity contribution is -0.113. The molecule has 4 aromatic rings. The molecule has 0 spiro atoms. The van der Waals surface area contributed by atoms with Gasteiger partial charge in [0.1, 0.15) is 5.82 Å². The maximum absolute atomic E-state index is 13.9. The molecule has 0 bridgehead atoms. The van der Waals surface area contributed by atoms with E-state index in [1.165, 1.54) is 16.4 Å². The Balaban J connectivity index is 1.44. The summed E-state index contributed by atoms with van der Waals surface area (Å²) in [4.78, 5) is 12.7. The molecule has 11 heteroatoms. The zero-order valence-corrected chi connectivity index (χ0v) is 21.4. The summed E-state index contributed by atoms with van der Waals surface area (Å²) in [5.74, 6) is -0.484. The van der Waals surface area contributed by atoms with E-state index < -0.39 is 22.1 Å². The first-order chi connectivity index (χ1) is 17.9. The van der Waals surface area contributed by atoms with Crippen molar-refractivity contribution in [1.82, 2.24) is 19.1 Å². The van der Waals surface area contributed by atoms with E-state index >= 15 is 0 Å². The molecule has 190 valence electrons. The van der Waals surface area contributed by atoms with E-state index in [-0.39, 0.29) is 16.3 Å². The van der Waals surface area contributed by atoms with E-state index in [1.54, 1.807) is 41.0 Å². The van der Waals surface area contributed by atoms with E-state index in [2.05, 4.69) is 15.5 Å². The van der Waals surface area contributed by atoms with Crippen LogP contribution in [0.15, 0.2) is 88.9 Å². The highest BCUT2D eigenvalue weighted by Crippen LogP contribution is 2.32. The number of para-hydroxylation sites is 2. The van der Waals surface area contributed by atoms with Crippen LogP contribution < -0.4 is 5.32 Å². The first-order valence-corrected chi connectivity index (χ1v) is 14.1. The highest BCUT2D eigenvalue weighted by atomic mass is 32.3. The number of amides is 1. The van der Waals surface area contributed by atoms with Crippen LogP contribution >= 0.6 is 11.8 Å². The molecule has 37 heavy (non-hydrogen) atoms. The monoisotopic (exact) mass is 537 g/mol. The fourth-order valence-electron chi connectivity index (χ4n) is 4.11. The van der Waals surface area contributed by atoms with E-state index in [4.69, 9.17) is 0 Å². The van der Waals surface area contributed by atoms with Gasteiger partial charge < -0.3 is 9.87 Å². The van der Waals surface area contributed by atoms with Crippen LogP contribution in [0, 0.1) is 5.82 Å². The van der Waals surface area contributed by atoms with Crippen LogP contribution in [0.2, 0.25) is 0 Å². The van der Waals surface area contributed by atoms with Gasteiger partial charge in [0.2, 0.25) is 5.91 Å². The smallest absolute Gasteiger partial charge is 0.234 e. The van der Waals surface area contributed by atoms with Crippen molar-refractivity contribution in [3.8, 4) is 17.1 Å². The quantitative estimate of drug-likeness (QED) is 0.256. The summed E-state index contributed by atoms with van der Waals surface area (Å²) in [7, 11) is -3.61. The Morgan fingerprint density at radius 1 is 1.00 bits per heavy atom. The number of hydrogen-bond acceptors (Lipinski definition) is 6. The predicted octanol–water partition coefficient (Wildman–Crippen LogP) is 4.80. The lowest BCUT2D eigenvalue weighted by Crippen LogP contribution is -2.33. The Labute approximate surface area is 219 Å². The number of nitrogens with one attached hydrogen (secondary N) is 1. The molecule has 1 aliphatic rings. The van der Waals surface area contributed by atoms with Crippen LogP contribution in [0.25, 0.3) is 17.1 Å². The van der Waals surface area contributed by atoms with Gasteiger partial charge in [-0.3, -0.25) is 9.36 Å². The first kappa shape index (κ1) is 25.3. The highest BCUT2D eigenvalue weighted by Gasteiger charge is 2.33. The van der Waals surface area contributed by atoms with Crippen molar-refractivity contribution in [1.29, 1.82) is 0 Å². The zero-order valence-electron chi connectivity index (χ0n) is 19.7. The number of rotatable bonds is 8. The normalized spacial score (nSPS) is 15.4. The molecule has 1 fully saturated rings. The van der Waals surface area contributed by atoms with E-state index in [0.717, 1.165) is 30.3 Å². The van der Waals surface area contributed by atoms with Crippen molar-refractivity contribution >= 4 is 33.8 Å². The third-order valence-electron chi connectivity index (χ3n) is 5.92. The molecule has 3 aromatic carbocycles. The number of thioether (sulfide) groups is 1. The second-order valence-corrected chi connectivity index (χ2v) is 11.3. The van der Waals surface area contributed by atoms with Gasteiger partial charge in [0.05, 0.1) is 11.4 Å². The summed E-state index contributed by atoms with van der Waals surface area (Å²) in [6.45, 7) is 1.03. The average Bonchev–Trinajstić information content (AvgIpc) is 3.61. The number of carbonyl (C=O) groups is 1. The number of nitrogens with zero attached hydrogens (tertiary/aromatic N) is 4. The largest absolute Gasteiger partial charge is 0.593 e. The van der Waals surface area contributed by atoms with Crippen LogP contribution in [-0.4, -0.2) is 48.4 Å². The fourth-order valence-corrected chi connectivity index (χ4v) is 6.43. The van der Waals surface area contributed by atoms with Crippen molar-refractivity contribution in [2.45, 2.75) is 22.9 Å². The summed E-state index contributed by atoms with van der Waals surface area (Å²) in [6, 6.07) is 22.0. The molecular formula is C26H24FN5O3S2. The van der Waals surface area contributed by atoms with Crippen LogP contribution in [0.5, 0.6) is 0 Å². The lowest BCUT2D eigenvalue weighted by Gasteiger charge is -2.23. The maximum atomic E-state index is 13.9. The number of sulfonamides is 1. The molecule has 0 radical (unpaired) electrons. The summed E-state index contributed by atoms with van der Waals surface area (Å²) < 4.78 is 43.5. The van der Waals surface area contributed by atoms with Crippen LogP contribution in [0.4, 0.5) is 10.1 Å². The van der Waals surface area contributed by atoms with Gasteiger partial charge in [-0.1, -0.05) is 58.4 Å². The van der Waals surface area contributed by atoms with Gasteiger partial charge >= 0.3 is 0 Å². The van der Waals surface area contributed by atoms with Crippen LogP contribution in [0.3, 0.4) is 0 Å². The van der Waals surface area contributed by atoms with Crippen molar-refractivity contribution in [3.63, 3.8) is 0 Å². The van der Waals surface area contributed by atoms with Gasteiger partial charge in [-0.15, -0.1) is 14.5 Å². The van der Waals surface area contributed by atoms with Gasteiger partial charge in [-0.2, -0.15) is 0 Å². The van der Waals surface area contributed by atoms with Crippen LogP contribution in [-0.2, 0) is 19.4 Å². The molecule has 2 heterocycles. The summed E-state index contributed by atoms with van der Waals surface area (Å²) in [5.41, 5.74) is 1.45. The Morgan fingerprint density at radius 3 is 2.49 bits per heavy atom. The topological polar surface area (TPSA) is 103 Å². The molecule has 0 aliphatic carbocycles. The third-order valence-corrected chi connectivity index (χ3v) is 8.75. The summed E-state index contributed by atoms with van der Waals surface area (Å²) in [6.07, 6.45) is 1.71. The number of aromatic nitrogens is 3. The molecule has 5 rings (SSSR count). The second-order valence-electron chi connectivity index (χ2n) is 8.43. The number of hydrogen-bond donors (Lipinski definition) is 1. The SMILES string of the molecule is O=C(CSc1nnc(-c2cccc([S+](=O)([O-])N3CCCC3)c2)n1-c1ccccc1)Nc1ccccc1F. The molecule has 1 amide bonds. The Bertz CT molecular complexity index is 1460.